The van der Waals surface area contributed by atoms with Crippen LogP contribution in [0.25, 0.3) is 11.0 Å². The highest BCUT2D eigenvalue weighted by Crippen LogP contribution is 2.40. The van der Waals surface area contributed by atoms with Crippen LogP contribution in [0.3, 0.4) is 0 Å². The van der Waals surface area contributed by atoms with E-state index in [0.29, 0.717) is 29.7 Å². The van der Waals surface area contributed by atoms with Crippen LogP contribution in [0.1, 0.15) is 70.6 Å². The summed E-state index contributed by atoms with van der Waals surface area (Å²) >= 11 is 0. The lowest BCUT2D eigenvalue weighted by Gasteiger charge is -2.25. The summed E-state index contributed by atoms with van der Waals surface area (Å²) in [5.41, 5.74) is 4.26. The maximum absolute atomic E-state index is 13.9. The largest absolute Gasteiger partial charge is 0.497 e. The molecule has 0 saturated carbocycles. The van der Waals surface area contributed by atoms with Crippen molar-refractivity contribution in [1.29, 1.82) is 0 Å². The number of hydrogen-bond donors (Lipinski definition) is 0. The first-order valence-electron chi connectivity index (χ1n) is 13.2. The first kappa shape index (κ1) is 25.6. The monoisotopic (exact) mass is 511 g/mol. The third kappa shape index (κ3) is 4.78. The molecule has 4 aromatic rings. The van der Waals surface area contributed by atoms with Crippen molar-refractivity contribution < 1.29 is 18.7 Å². The molecule has 1 unspecified atom stereocenters. The van der Waals surface area contributed by atoms with Crippen molar-refractivity contribution in [3.8, 4) is 11.5 Å². The number of unbranched alkanes of at least 4 members (excludes halogenated alkanes) is 2. The van der Waals surface area contributed by atoms with Crippen molar-refractivity contribution in [3.05, 3.63) is 104 Å². The van der Waals surface area contributed by atoms with E-state index in [2.05, 4.69) is 6.92 Å². The summed E-state index contributed by atoms with van der Waals surface area (Å²) < 4.78 is 17.4. The van der Waals surface area contributed by atoms with Crippen LogP contribution in [0.2, 0.25) is 0 Å². The molecule has 0 aliphatic carbocycles. The normalized spacial score (nSPS) is 14.7. The molecule has 0 spiro atoms. The van der Waals surface area contributed by atoms with E-state index in [1.54, 1.807) is 12.0 Å². The van der Waals surface area contributed by atoms with Gasteiger partial charge in [0.25, 0.3) is 5.91 Å². The van der Waals surface area contributed by atoms with Gasteiger partial charge >= 0.3 is 0 Å². The van der Waals surface area contributed by atoms with Crippen molar-refractivity contribution >= 4 is 16.9 Å². The fraction of sp³-hybridized carbons (Fsp3) is 0.312. The zero-order chi connectivity index (χ0) is 26.8. The molecule has 38 heavy (non-hydrogen) atoms. The number of nitrogens with zero attached hydrogens (tertiary/aromatic N) is 1. The second kappa shape index (κ2) is 10.7. The molecule has 196 valence electrons. The van der Waals surface area contributed by atoms with Gasteiger partial charge in [-0.3, -0.25) is 9.59 Å². The highest BCUT2D eigenvalue weighted by molar-refractivity contribution is 5.99. The predicted molar refractivity (Wildman–Crippen MR) is 148 cm³/mol. The zero-order valence-electron chi connectivity index (χ0n) is 22.4. The molecule has 2 heterocycles. The van der Waals surface area contributed by atoms with E-state index >= 15 is 0 Å². The van der Waals surface area contributed by atoms with Crippen LogP contribution in [0.5, 0.6) is 11.5 Å². The summed E-state index contributed by atoms with van der Waals surface area (Å²) in [6, 6.07) is 18.5. The van der Waals surface area contributed by atoms with Crippen molar-refractivity contribution in [2.24, 2.45) is 0 Å². The molecule has 1 aliphatic rings. The summed E-state index contributed by atoms with van der Waals surface area (Å²) in [6.07, 6.45) is 3.27. The van der Waals surface area contributed by atoms with Gasteiger partial charge in [-0.1, -0.05) is 50.1 Å². The maximum Gasteiger partial charge on any atom is 0.291 e. The van der Waals surface area contributed by atoms with Gasteiger partial charge in [0.1, 0.15) is 17.1 Å². The number of benzene rings is 3. The lowest BCUT2D eigenvalue weighted by molar-refractivity contribution is 0.0714. The highest BCUT2D eigenvalue weighted by atomic mass is 16.5. The summed E-state index contributed by atoms with van der Waals surface area (Å²) in [6.45, 7) is 7.00. The molecular weight excluding hydrogens is 478 g/mol. The number of carbonyl (C=O) groups is 1. The van der Waals surface area contributed by atoms with Gasteiger partial charge in [0, 0.05) is 6.54 Å². The van der Waals surface area contributed by atoms with Crippen LogP contribution < -0.4 is 14.9 Å². The van der Waals surface area contributed by atoms with E-state index in [1.807, 2.05) is 74.5 Å². The Morgan fingerprint density at radius 2 is 1.63 bits per heavy atom. The predicted octanol–water partition coefficient (Wildman–Crippen LogP) is 6.73. The molecule has 1 aliphatic heterocycles. The molecule has 6 heteroatoms. The number of methoxy groups -OCH3 is 1. The Labute approximate surface area is 222 Å². The average molecular weight is 512 g/mol. The molecule has 0 radical (unpaired) electrons. The topological polar surface area (TPSA) is 69.0 Å². The standard InChI is InChI=1S/C32H33NO5/c1-5-6-7-16-37-25-14-10-23(11-15-25)28-27-29(34)26-18-20(2)17-21(3)30(26)38-31(27)32(35)33(28)19-22-8-12-24(36-4)13-9-22/h8-15,17-18,28H,5-7,16,19H2,1-4H3. The molecule has 0 saturated heterocycles. The Balaban J connectivity index is 1.58. The number of ether oxygens (including phenoxy) is 2. The molecule has 1 amide bonds. The molecule has 6 nitrogen and oxygen atoms in total. The zero-order valence-corrected chi connectivity index (χ0v) is 22.4. The molecule has 1 aromatic heterocycles. The lowest BCUT2D eigenvalue weighted by atomic mass is 9.97. The highest BCUT2D eigenvalue weighted by Gasteiger charge is 2.42. The number of rotatable bonds is 9. The van der Waals surface area contributed by atoms with Gasteiger partial charge in [0.05, 0.1) is 30.7 Å². The smallest absolute Gasteiger partial charge is 0.291 e. The first-order chi connectivity index (χ1) is 18.4. The lowest BCUT2D eigenvalue weighted by Crippen LogP contribution is -2.29. The summed E-state index contributed by atoms with van der Waals surface area (Å²) in [7, 11) is 1.62. The molecule has 3 aromatic carbocycles. The van der Waals surface area contributed by atoms with Gasteiger partial charge in [0.15, 0.2) is 5.43 Å². The maximum atomic E-state index is 13.9. The van der Waals surface area contributed by atoms with Crippen LogP contribution >= 0.6 is 0 Å². The minimum atomic E-state index is -0.574. The Morgan fingerprint density at radius 3 is 2.32 bits per heavy atom. The van der Waals surface area contributed by atoms with Crippen molar-refractivity contribution in [2.75, 3.05) is 13.7 Å². The van der Waals surface area contributed by atoms with Gasteiger partial charge < -0.3 is 18.8 Å². The molecular formula is C32H33NO5. The van der Waals surface area contributed by atoms with Crippen LogP contribution in [-0.2, 0) is 6.54 Å². The first-order valence-corrected chi connectivity index (χ1v) is 13.2. The van der Waals surface area contributed by atoms with Gasteiger partial charge in [-0.25, -0.2) is 0 Å². The molecule has 0 bridgehead atoms. The van der Waals surface area contributed by atoms with Crippen LogP contribution in [0.15, 0.2) is 69.9 Å². The summed E-state index contributed by atoms with van der Waals surface area (Å²) in [5, 5.41) is 0.501. The molecule has 0 N–H and O–H groups in total. The minimum Gasteiger partial charge on any atom is -0.497 e. The van der Waals surface area contributed by atoms with Crippen molar-refractivity contribution in [3.63, 3.8) is 0 Å². The van der Waals surface area contributed by atoms with Crippen LogP contribution in [0.4, 0.5) is 0 Å². The SMILES string of the molecule is CCCCCOc1ccc(C2c3c(oc4c(C)cc(C)cc4c3=O)C(=O)N2Cc2ccc(OC)cc2)cc1. The third-order valence-electron chi connectivity index (χ3n) is 7.12. The fourth-order valence-electron chi connectivity index (χ4n) is 5.20. The van der Waals surface area contributed by atoms with E-state index < -0.39 is 6.04 Å². The Morgan fingerprint density at radius 1 is 0.921 bits per heavy atom. The number of amides is 1. The van der Waals surface area contributed by atoms with E-state index in [-0.39, 0.29) is 17.1 Å². The van der Waals surface area contributed by atoms with Crippen LogP contribution in [-0.4, -0.2) is 24.5 Å². The number of hydrogen-bond acceptors (Lipinski definition) is 5. The van der Waals surface area contributed by atoms with E-state index in [4.69, 9.17) is 13.9 Å². The molecule has 1 atom stereocenters. The third-order valence-corrected chi connectivity index (χ3v) is 7.12. The fourth-order valence-corrected chi connectivity index (χ4v) is 5.20. The molecule has 0 fully saturated rings. The number of fused-ring (bicyclic) bond motifs is 2. The second-order valence-electron chi connectivity index (χ2n) is 9.94. The van der Waals surface area contributed by atoms with Crippen molar-refractivity contribution in [2.45, 2.75) is 52.6 Å². The Bertz CT molecular complexity index is 1520. The van der Waals surface area contributed by atoms with Gasteiger partial charge in [-0.05, 0) is 72.9 Å². The number of carbonyl (C=O) groups excluding carboxylic acids is 1. The summed E-state index contributed by atoms with van der Waals surface area (Å²) in [5.74, 6) is 1.34. The van der Waals surface area contributed by atoms with Crippen molar-refractivity contribution in [1.82, 2.24) is 4.90 Å². The minimum absolute atomic E-state index is 0.118. The van der Waals surface area contributed by atoms with Gasteiger partial charge in [-0.15, -0.1) is 0 Å². The Kier molecular flexibility index (Phi) is 7.23. The van der Waals surface area contributed by atoms with E-state index in [9.17, 15) is 9.59 Å². The summed E-state index contributed by atoms with van der Waals surface area (Å²) in [4.78, 5) is 29.4. The van der Waals surface area contributed by atoms with E-state index in [0.717, 1.165) is 53.0 Å². The Hall–Kier alpha value is -4.06. The van der Waals surface area contributed by atoms with Gasteiger partial charge in [-0.2, -0.15) is 0 Å². The quantitative estimate of drug-likeness (QED) is 0.233. The average Bonchev–Trinajstić information content (AvgIpc) is 3.19. The van der Waals surface area contributed by atoms with E-state index in [1.165, 1.54) is 0 Å². The second-order valence-corrected chi connectivity index (χ2v) is 9.94. The van der Waals surface area contributed by atoms with Gasteiger partial charge in [0.2, 0.25) is 5.76 Å². The number of aryl methyl sites for hydroxylation is 2. The molecule has 5 rings (SSSR count). The van der Waals surface area contributed by atoms with Crippen LogP contribution in [0, 0.1) is 13.8 Å².